The third-order valence-electron chi connectivity index (χ3n) is 4.95. The number of hydrogen-bond donors (Lipinski definition) is 1. The van der Waals surface area contributed by atoms with E-state index in [0.717, 1.165) is 5.92 Å². The summed E-state index contributed by atoms with van der Waals surface area (Å²) in [5, 5.41) is 3.47. The zero-order valence-corrected chi connectivity index (χ0v) is 14.0. The van der Waals surface area contributed by atoms with E-state index in [2.05, 4.69) is 51.3 Å². The number of nitrogens with zero attached hydrogens (tertiary/aromatic N) is 1. The largest absolute Gasteiger partial charge is 0.317 e. The van der Waals surface area contributed by atoms with Gasteiger partial charge in [-0.25, -0.2) is 0 Å². The molecule has 0 spiro atoms. The fourth-order valence-corrected chi connectivity index (χ4v) is 4.22. The molecule has 0 amide bonds. The van der Waals surface area contributed by atoms with Gasteiger partial charge in [-0.2, -0.15) is 0 Å². The Bertz CT molecular complexity index is 454. The van der Waals surface area contributed by atoms with Crippen molar-refractivity contribution in [2.24, 2.45) is 5.92 Å². The number of benzene rings is 1. The van der Waals surface area contributed by atoms with Gasteiger partial charge in [-0.05, 0) is 74.5 Å². The molecule has 3 heteroatoms. The summed E-state index contributed by atoms with van der Waals surface area (Å²) < 4.78 is 1.22. The second-order valence-corrected chi connectivity index (χ2v) is 7.09. The van der Waals surface area contributed by atoms with Crippen LogP contribution in [0.1, 0.15) is 43.4 Å². The lowest BCUT2D eigenvalue weighted by Gasteiger charge is -2.33. The van der Waals surface area contributed by atoms with Gasteiger partial charge in [0, 0.05) is 17.1 Å². The van der Waals surface area contributed by atoms with Crippen LogP contribution < -0.4 is 5.32 Å². The fourth-order valence-electron chi connectivity index (χ4n) is 3.82. The smallest absolute Gasteiger partial charge is 0.0354 e. The topological polar surface area (TPSA) is 15.3 Å². The van der Waals surface area contributed by atoms with Crippen molar-refractivity contribution in [3.05, 3.63) is 33.8 Å². The van der Waals surface area contributed by atoms with Crippen LogP contribution in [0.4, 0.5) is 0 Å². The Kier molecular flexibility index (Phi) is 4.79. The minimum absolute atomic E-state index is 0.651. The molecule has 20 heavy (non-hydrogen) atoms. The molecule has 110 valence electrons. The Morgan fingerprint density at radius 2 is 2.05 bits per heavy atom. The van der Waals surface area contributed by atoms with E-state index in [0.29, 0.717) is 6.04 Å². The molecule has 1 heterocycles. The highest BCUT2D eigenvalue weighted by Gasteiger charge is 2.28. The quantitative estimate of drug-likeness (QED) is 0.900. The standard InChI is InChI=1S/C17H25BrN2/c1-2-20(12-13-7-9-19-10-8-13)17-6-3-14-11-15(18)4-5-16(14)17/h4-5,11,13,17,19H,2-3,6-10,12H2,1H3. The number of hydrogen-bond acceptors (Lipinski definition) is 2. The Hall–Kier alpha value is -0.380. The van der Waals surface area contributed by atoms with E-state index >= 15 is 0 Å². The van der Waals surface area contributed by atoms with Crippen LogP contribution in [0.25, 0.3) is 0 Å². The molecule has 0 bridgehead atoms. The average molecular weight is 337 g/mol. The minimum atomic E-state index is 0.651. The van der Waals surface area contributed by atoms with Crippen LogP contribution in [-0.2, 0) is 6.42 Å². The van der Waals surface area contributed by atoms with Gasteiger partial charge in [0.05, 0.1) is 0 Å². The third-order valence-corrected chi connectivity index (χ3v) is 5.44. The Balaban J connectivity index is 1.71. The maximum absolute atomic E-state index is 3.60. The van der Waals surface area contributed by atoms with Crippen LogP contribution in [0.15, 0.2) is 22.7 Å². The van der Waals surface area contributed by atoms with Crippen LogP contribution in [0.2, 0.25) is 0 Å². The molecule has 0 saturated carbocycles. The molecule has 3 rings (SSSR count). The highest BCUT2D eigenvalue weighted by atomic mass is 79.9. The molecule has 1 atom stereocenters. The van der Waals surface area contributed by atoms with Crippen molar-refractivity contribution >= 4 is 15.9 Å². The van der Waals surface area contributed by atoms with E-state index in [4.69, 9.17) is 0 Å². The fraction of sp³-hybridized carbons (Fsp3) is 0.647. The summed E-state index contributed by atoms with van der Waals surface area (Å²) in [6.07, 6.45) is 5.22. The molecular formula is C17H25BrN2. The molecule has 2 aliphatic rings. The average Bonchev–Trinajstić information content (AvgIpc) is 2.88. The SMILES string of the molecule is CCN(CC1CCNCC1)C1CCc2cc(Br)ccc21. The zero-order valence-electron chi connectivity index (χ0n) is 12.4. The first-order valence-corrected chi connectivity index (χ1v) is 8.80. The molecule has 1 fully saturated rings. The van der Waals surface area contributed by atoms with Crippen LogP contribution in [0, 0.1) is 5.92 Å². The first-order chi connectivity index (χ1) is 9.78. The molecule has 2 nitrogen and oxygen atoms in total. The number of piperidine rings is 1. The molecular weight excluding hydrogens is 312 g/mol. The van der Waals surface area contributed by atoms with Crippen LogP contribution >= 0.6 is 15.9 Å². The third kappa shape index (κ3) is 3.10. The number of fused-ring (bicyclic) bond motifs is 1. The summed E-state index contributed by atoms with van der Waals surface area (Å²) in [5.74, 6) is 0.885. The number of aryl methyl sites for hydroxylation is 1. The summed E-state index contributed by atoms with van der Waals surface area (Å²) in [5.41, 5.74) is 3.12. The van der Waals surface area contributed by atoms with Crippen molar-refractivity contribution in [2.75, 3.05) is 26.2 Å². The minimum Gasteiger partial charge on any atom is -0.317 e. The lowest BCUT2D eigenvalue weighted by molar-refractivity contribution is 0.158. The number of rotatable bonds is 4. The lowest BCUT2D eigenvalue weighted by atomic mass is 9.96. The van der Waals surface area contributed by atoms with Gasteiger partial charge in [0.1, 0.15) is 0 Å². The van der Waals surface area contributed by atoms with Crippen molar-refractivity contribution in [1.29, 1.82) is 0 Å². The van der Waals surface area contributed by atoms with Gasteiger partial charge < -0.3 is 5.32 Å². The normalized spacial score (nSPS) is 23.2. The maximum atomic E-state index is 3.60. The van der Waals surface area contributed by atoms with Crippen LogP contribution in [0.5, 0.6) is 0 Å². The molecule has 0 aromatic heterocycles. The number of halogens is 1. The highest BCUT2D eigenvalue weighted by Crippen LogP contribution is 2.37. The summed E-state index contributed by atoms with van der Waals surface area (Å²) >= 11 is 3.60. The summed E-state index contributed by atoms with van der Waals surface area (Å²) in [4.78, 5) is 2.72. The van der Waals surface area contributed by atoms with Crippen molar-refractivity contribution in [3.8, 4) is 0 Å². The van der Waals surface area contributed by atoms with Crippen LogP contribution in [-0.4, -0.2) is 31.1 Å². The van der Waals surface area contributed by atoms with E-state index < -0.39 is 0 Å². The van der Waals surface area contributed by atoms with Crippen molar-refractivity contribution in [1.82, 2.24) is 10.2 Å². The maximum Gasteiger partial charge on any atom is 0.0354 e. The first-order valence-electron chi connectivity index (χ1n) is 8.01. The van der Waals surface area contributed by atoms with E-state index in [9.17, 15) is 0 Å². The second-order valence-electron chi connectivity index (χ2n) is 6.18. The Morgan fingerprint density at radius 3 is 2.80 bits per heavy atom. The van der Waals surface area contributed by atoms with E-state index in [1.165, 1.54) is 56.3 Å². The monoisotopic (exact) mass is 336 g/mol. The van der Waals surface area contributed by atoms with E-state index in [1.54, 1.807) is 11.1 Å². The Labute approximate surface area is 131 Å². The van der Waals surface area contributed by atoms with Gasteiger partial charge in [-0.15, -0.1) is 0 Å². The molecule has 1 aliphatic carbocycles. The van der Waals surface area contributed by atoms with Gasteiger partial charge in [-0.1, -0.05) is 28.9 Å². The molecule has 1 N–H and O–H groups in total. The lowest BCUT2D eigenvalue weighted by Crippen LogP contribution is -2.37. The van der Waals surface area contributed by atoms with Crippen molar-refractivity contribution in [2.45, 2.75) is 38.6 Å². The molecule has 1 aromatic carbocycles. The van der Waals surface area contributed by atoms with Gasteiger partial charge in [0.25, 0.3) is 0 Å². The molecule has 0 radical (unpaired) electrons. The van der Waals surface area contributed by atoms with Gasteiger partial charge in [-0.3, -0.25) is 4.90 Å². The Morgan fingerprint density at radius 1 is 1.25 bits per heavy atom. The number of nitrogens with one attached hydrogen (secondary N) is 1. The molecule has 1 aromatic rings. The first kappa shape index (κ1) is 14.6. The predicted molar refractivity (Wildman–Crippen MR) is 88.0 cm³/mol. The molecule has 1 aliphatic heterocycles. The summed E-state index contributed by atoms with van der Waals surface area (Å²) in [7, 11) is 0. The van der Waals surface area contributed by atoms with E-state index in [-0.39, 0.29) is 0 Å². The summed E-state index contributed by atoms with van der Waals surface area (Å²) in [6.45, 7) is 7.17. The highest BCUT2D eigenvalue weighted by molar-refractivity contribution is 9.10. The van der Waals surface area contributed by atoms with E-state index in [1.807, 2.05) is 0 Å². The van der Waals surface area contributed by atoms with Crippen molar-refractivity contribution in [3.63, 3.8) is 0 Å². The van der Waals surface area contributed by atoms with Gasteiger partial charge >= 0.3 is 0 Å². The molecule has 1 unspecified atom stereocenters. The zero-order chi connectivity index (χ0) is 13.9. The molecule has 1 saturated heterocycles. The van der Waals surface area contributed by atoms with Crippen LogP contribution in [0.3, 0.4) is 0 Å². The van der Waals surface area contributed by atoms with Gasteiger partial charge in [0.2, 0.25) is 0 Å². The summed E-state index contributed by atoms with van der Waals surface area (Å²) in [6, 6.07) is 7.50. The predicted octanol–water partition coefficient (Wildman–Crippen LogP) is 3.76. The van der Waals surface area contributed by atoms with Gasteiger partial charge in [0.15, 0.2) is 0 Å². The van der Waals surface area contributed by atoms with Crippen molar-refractivity contribution < 1.29 is 0 Å². The second kappa shape index (κ2) is 6.59.